The number of nitrogens with one attached hydrogen (secondary N) is 1. The summed E-state index contributed by atoms with van der Waals surface area (Å²) < 4.78 is 3.11. The lowest BCUT2D eigenvalue weighted by molar-refractivity contribution is 0.360. The summed E-state index contributed by atoms with van der Waals surface area (Å²) >= 11 is 1.65. The summed E-state index contributed by atoms with van der Waals surface area (Å²) in [5.74, 6) is 0.980. The maximum Gasteiger partial charge on any atom is 0.272 e. The molecule has 6 nitrogen and oxygen atoms in total. The van der Waals surface area contributed by atoms with Crippen molar-refractivity contribution < 1.29 is 0 Å². The highest BCUT2D eigenvalue weighted by atomic mass is 32.1. The Balaban J connectivity index is 1.73. The number of hydrogen-bond donors (Lipinski definition) is 1. The van der Waals surface area contributed by atoms with Crippen molar-refractivity contribution >= 4 is 44.1 Å². The third-order valence-corrected chi connectivity index (χ3v) is 5.87. The summed E-state index contributed by atoms with van der Waals surface area (Å²) in [7, 11) is 2.17. The van der Waals surface area contributed by atoms with Crippen LogP contribution in [0.5, 0.6) is 0 Å². The van der Waals surface area contributed by atoms with Gasteiger partial charge in [-0.05, 0) is 49.7 Å². The smallest absolute Gasteiger partial charge is 0.272 e. The minimum absolute atomic E-state index is 0.0677. The molecule has 5 rings (SSSR count). The lowest BCUT2D eigenvalue weighted by Gasteiger charge is -2.22. The minimum atomic E-state index is -0.0677. The molecule has 128 valence electrons. The highest BCUT2D eigenvalue weighted by Gasteiger charge is 2.16. The lowest BCUT2D eigenvalue weighted by Crippen LogP contribution is -2.29. The number of H-pyrrole nitrogens is 1. The topological polar surface area (TPSA) is 56.6 Å². The highest BCUT2D eigenvalue weighted by molar-refractivity contribution is 7.17. The molecule has 1 aliphatic heterocycles. The highest BCUT2D eigenvalue weighted by Crippen LogP contribution is 2.27. The van der Waals surface area contributed by atoms with Gasteiger partial charge in [0.2, 0.25) is 0 Å². The molecule has 0 unspecified atom stereocenters. The van der Waals surface area contributed by atoms with Crippen LogP contribution in [0.25, 0.3) is 26.9 Å². The molecule has 0 bridgehead atoms. The Morgan fingerprint density at radius 1 is 1.12 bits per heavy atom. The second-order valence-electron chi connectivity index (χ2n) is 6.67. The van der Waals surface area contributed by atoms with Gasteiger partial charge in [0.25, 0.3) is 5.56 Å². The van der Waals surface area contributed by atoms with Gasteiger partial charge in [-0.3, -0.25) is 9.20 Å². The molecular formula is C18H19N5OS. The van der Waals surface area contributed by atoms with E-state index in [9.17, 15) is 4.79 Å². The van der Waals surface area contributed by atoms with E-state index < -0.39 is 0 Å². The molecule has 0 radical (unpaired) electrons. The van der Waals surface area contributed by atoms with Crippen LogP contribution >= 0.6 is 11.3 Å². The molecule has 4 aromatic heterocycles. The first kappa shape index (κ1) is 14.9. The van der Waals surface area contributed by atoms with Crippen LogP contribution in [0.15, 0.2) is 34.4 Å². The summed E-state index contributed by atoms with van der Waals surface area (Å²) in [4.78, 5) is 25.0. The van der Waals surface area contributed by atoms with E-state index in [0.717, 1.165) is 59.8 Å². The fourth-order valence-electron chi connectivity index (χ4n) is 3.67. The number of aromatic amines is 1. The summed E-state index contributed by atoms with van der Waals surface area (Å²) in [6.07, 6.45) is 1.13. The van der Waals surface area contributed by atoms with Gasteiger partial charge in [-0.1, -0.05) is 0 Å². The van der Waals surface area contributed by atoms with E-state index in [2.05, 4.69) is 33.3 Å². The number of nitrogens with zero attached hydrogens (tertiary/aromatic N) is 4. The standard InChI is InChI=1S/C18H19N5OS/c1-21-6-2-7-22(9-8-21)16-4-3-12-17(20-16)23-13-5-10-25-15(13)11-14(23)18(24)19-12/h3-5,10-11H,2,6-9H2,1H3,(H,19,24). The first-order chi connectivity index (χ1) is 12.2. The zero-order valence-corrected chi connectivity index (χ0v) is 14.8. The van der Waals surface area contributed by atoms with Crippen molar-refractivity contribution in [3.05, 3.63) is 40.0 Å². The van der Waals surface area contributed by atoms with Gasteiger partial charge in [0.15, 0.2) is 5.65 Å². The molecule has 1 fully saturated rings. The molecule has 0 saturated carbocycles. The first-order valence-electron chi connectivity index (χ1n) is 8.56. The van der Waals surface area contributed by atoms with Crippen molar-refractivity contribution in [1.82, 2.24) is 19.3 Å². The molecule has 4 aromatic rings. The Bertz CT molecular complexity index is 1140. The second kappa shape index (κ2) is 5.57. The quantitative estimate of drug-likeness (QED) is 0.571. The van der Waals surface area contributed by atoms with Gasteiger partial charge in [-0.25, -0.2) is 4.98 Å². The fraction of sp³-hybridized carbons (Fsp3) is 0.333. The second-order valence-corrected chi connectivity index (χ2v) is 7.62. The van der Waals surface area contributed by atoms with Gasteiger partial charge < -0.3 is 14.8 Å². The van der Waals surface area contributed by atoms with E-state index in [0.29, 0.717) is 5.52 Å². The van der Waals surface area contributed by atoms with Crippen molar-refractivity contribution in [1.29, 1.82) is 0 Å². The van der Waals surface area contributed by atoms with E-state index in [1.165, 1.54) is 0 Å². The summed E-state index contributed by atoms with van der Waals surface area (Å²) in [5, 5.41) is 2.05. The van der Waals surface area contributed by atoms with Crippen molar-refractivity contribution in [2.75, 3.05) is 38.1 Å². The molecule has 1 saturated heterocycles. The number of aromatic nitrogens is 3. The zero-order chi connectivity index (χ0) is 17.0. The monoisotopic (exact) mass is 353 g/mol. The van der Waals surface area contributed by atoms with E-state index in [4.69, 9.17) is 4.98 Å². The Kier molecular flexibility index (Phi) is 3.33. The van der Waals surface area contributed by atoms with Crippen LogP contribution in [-0.2, 0) is 0 Å². The Labute approximate surface area is 148 Å². The van der Waals surface area contributed by atoms with E-state index in [1.54, 1.807) is 11.3 Å². The van der Waals surface area contributed by atoms with Crippen LogP contribution in [0.2, 0.25) is 0 Å². The Hall–Kier alpha value is -2.38. The van der Waals surface area contributed by atoms with Crippen LogP contribution in [0.4, 0.5) is 5.82 Å². The number of thiophene rings is 1. The summed E-state index contributed by atoms with van der Waals surface area (Å²) in [6.45, 7) is 4.14. The summed E-state index contributed by atoms with van der Waals surface area (Å²) in [6, 6.07) is 8.00. The average molecular weight is 353 g/mol. The summed E-state index contributed by atoms with van der Waals surface area (Å²) in [5.41, 5.74) is 3.24. The van der Waals surface area contributed by atoms with Gasteiger partial charge in [0.1, 0.15) is 11.3 Å². The molecule has 0 aliphatic carbocycles. The number of anilines is 1. The molecule has 0 spiro atoms. The van der Waals surface area contributed by atoms with Crippen molar-refractivity contribution in [3.8, 4) is 0 Å². The van der Waals surface area contributed by atoms with Gasteiger partial charge in [0.05, 0.1) is 15.7 Å². The van der Waals surface area contributed by atoms with Crippen LogP contribution in [0, 0.1) is 0 Å². The predicted octanol–water partition coefficient (Wildman–Crippen LogP) is 2.53. The van der Waals surface area contributed by atoms with Crippen molar-refractivity contribution in [3.63, 3.8) is 0 Å². The maximum atomic E-state index is 12.4. The van der Waals surface area contributed by atoms with E-state index in [-0.39, 0.29) is 5.56 Å². The normalized spacial score (nSPS) is 16.9. The molecule has 1 N–H and O–H groups in total. The van der Waals surface area contributed by atoms with E-state index >= 15 is 0 Å². The third kappa shape index (κ3) is 2.34. The van der Waals surface area contributed by atoms with Gasteiger partial charge in [-0.2, -0.15) is 0 Å². The zero-order valence-electron chi connectivity index (χ0n) is 14.0. The molecular weight excluding hydrogens is 334 g/mol. The molecule has 0 amide bonds. The van der Waals surface area contributed by atoms with Crippen LogP contribution in [-0.4, -0.2) is 52.5 Å². The first-order valence-corrected chi connectivity index (χ1v) is 9.44. The predicted molar refractivity (Wildman–Crippen MR) is 103 cm³/mol. The van der Waals surface area contributed by atoms with Crippen LogP contribution in [0.1, 0.15) is 6.42 Å². The molecule has 5 heterocycles. The number of rotatable bonds is 1. The molecule has 7 heteroatoms. The molecule has 0 aromatic carbocycles. The van der Waals surface area contributed by atoms with Gasteiger partial charge >= 0.3 is 0 Å². The van der Waals surface area contributed by atoms with Crippen molar-refractivity contribution in [2.45, 2.75) is 6.42 Å². The lowest BCUT2D eigenvalue weighted by atomic mass is 10.3. The fourth-order valence-corrected chi connectivity index (χ4v) is 4.47. The third-order valence-electron chi connectivity index (χ3n) is 5.02. The van der Waals surface area contributed by atoms with Crippen LogP contribution < -0.4 is 10.5 Å². The molecule has 25 heavy (non-hydrogen) atoms. The number of fused-ring (bicyclic) bond motifs is 5. The van der Waals surface area contributed by atoms with Crippen molar-refractivity contribution in [2.24, 2.45) is 0 Å². The van der Waals surface area contributed by atoms with Crippen LogP contribution in [0.3, 0.4) is 0 Å². The maximum absolute atomic E-state index is 12.4. The Morgan fingerprint density at radius 3 is 2.96 bits per heavy atom. The molecule has 0 atom stereocenters. The van der Waals surface area contributed by atoms with Gasteiger partial charge in [-0.15, -0.1) is 11.3 Å². The molecule has 1 aliphatic rings. The largest absolute Gasteiger partial charge is 0.355 e. The van der Waals surface area contributed by atoms with E-state index in [1.807, 2.05) is 22.6 Å². The SMILES string of the molecule is CN1CCCN(c2ccc3[nH]c(=O)c4cc5sccc5n4c3n2)CC1. The number of pyridine rings is 1. The number of hydrogen-bond acceptors (Lipinski definition) is 5. The Morgan fingerprint density at radius 2 is 2.04 bits per heavy atom. The average Bonchev–Trinajstić information content (AvgIpc) is 3.12. The van der Waals surface area contributed by atoms with Gasteiger partial charge in [0, 0.05) is 19.6 Å². The minimum Gasteiger partial charge on any atom is -0.355 e. The number of likely N-dealkylation sites (N-methyl/N-ethyl adjacent to an activating group) is 1.